The number of esters is 1. The molecule has 6 nitrogen and oxygen atoms in total. The van der Waals surface area contributed by atoms with E-state index in [0.29, 0.717) is 18.1 Å². The number of hydrogen-bond donors (Lipinski definition) is 1. The number of methoxy groups -OCH3 is 2. The van der Waals surface area contributed by atoms with E-state index in [4.69, 9.17) is 14.2 Å². The summed E-state index contributed by atoms with van der Waals surface area (Å²) >= 11 is 3.61. The number of nitrogens with zero attached hydrogens (tertiary/aromatic N) is 1. The zero-order chi connectivity index (χ0) is 23.4. The smallest absolute Gasteiger partial charge is 0.320 e. The summed E-state index contributed by atoms with van der Waals surface area (Å²) in [7, 11) is 3.26. The van der Waals surface area contributed by atoms with Crippen molar-refractivity contribution in [1.29, 1.82) is 0 Å². The fourth-order valence-corrected chi connectivity index (χ4v) is 4.67. The van der Waals surface area contributed by atoms with Crippen LogP contribution in [0.3, 0.4) is 0 Å². The molecule has 7 heteroatoms. The Morgan fingerprint density at radius 1 is 1.00 bits per heavy atom. The molecular formula is C26H27BrN2O4. The molecule has 0 fully saturated rings. The zero-order valence-corrected chi connectivity index (χ0v) is 20.5. The van der Waals surface area contributed by atoms with Gasteiger partial charge in [-0.1, -0.05) is 46.3 Å². The van der Waals surface area contributed by atoms with Crippen LogP contribution in [0.2, 0.25) is 0 Å². The molecule has 3 aromatic carbocycles. The Bertz CT molecular complexity index is 1120. The number of halogens is 1. The van der Waals surface area contributed by atoms with Gasteiger partial charge in [0.2, 0.25) is 0 Å². The largest absolute Gasteiger partial charge is 0.497 e. The molecule has 2 atom stereocenters. The molecule has 0 saturated carbocycles. The number of rotatable bonds is 7. The Balaban J connectivity index is 1.90. The lowest BCUT2D eigenvalue weighted by atomic mass is 9.91. The maximum absolute atomic E-state index is 12.7. The van der Waals surface area contributed by atoms with Gasteiger partial charge in [-0.3, -0.25) is 9.69 Å². The van der Waals surface area contributed by atoms with Gasteiger partial charge in [-0.25, -0.2) is 0 Å². The third-order valence-electron chi connectivity index (χ3n) is 5.73. The minimum atomic E-state index is -0.339. The summed E-state index contributed by atoms with van der Waals surface area (Å²) in [5, 5.41) is 3.63. The molecule has 0 bridgehead atoms. The van der Waals surface area contributed by atoms with Crippen LogP contribution in [-0.4, -0.2) is 38.2 Å². The topological polar surface area (TPSA) is 60.0 Å². The van der Waals surface area contributed by atoms with Gasteiger partial charge in [0, 0.05) is 21.8 Å². The number of benzene rings is 3. The molecule has 1 aliphatic heterocycles. The van der Waals surface area contributed by atoms with Crippen LogP contribution < -0.4 is 14.8 Å². The number of carbonyl (C=O) groups excluding carboxylic acids is 1. The van der Waals surface area contributed by atoms with Gasteiger partial charge in [0.15, 0.2) is 0 Å². The summed E-state index contributed by atoms with van der Waals surface area (Å²) in [5.74, 6) is 1.09. The Labute approximate surface area is 202 Å². The van der Waals surface area contributed by atoms with E-state index in [-0.39, 0.29) is 24.7 Å². The Hall–Kier alpha value is -3.03. The zero-order valence-electron chi connectivity index (χ0n) is 18.9. The van der Waals surface area contributed by atoms with Crippen molar-refractivity contribution in [2.24, 2.45) is 0 Å². The minimum Gasteiger partial charge on any atom is -0.497 e. The quantitative estimate of drug-likeness (QED) is 0.420. The lowest BCUT2D eigenvalue weighted by Gasteiger charge is -2.44. The van der Waals surface area contributed by atoms with E-state index < -0.39 is 0 Å². The maximum atomic E-state index is 12.7. The minimum absolute atomic E-state index is 0.103. The average Bonchev–Trinajstić information content (AvgIpc) is 2.84. The first-order chi connectivity index (χ1) is 16.0. The van der Waals surface area contributed by atoms with Gasteiger partial charge < -0.3 is 19.5 Å². The number of ether oxygens (including phenoxy) is 3. The number of hydrogen-bond acceptors (Lipinski definition) is 6. The standard InChI is InChI=1S/C26H27BrN2O4/c1-4-33-24(30)16-29-25(17-8-6-5-7-9-17)21-14-18(27)10-13-22(21)28-26(29)20-12-11-19(31-2)15-23(20)32-3/h5-15,25-26,28H,4,16H2,1-3H3/t25-,26+/m1/s1. The lowest BCUT2D eigenvalue weighted by molar-refractivity contribution is -0.145. The van der Waals surface area contributed by atoms with Crippen LogP contribution in [0.25, 0.3) is 0 Å². The van der Waals surface area contributed by atoms with Gasteiger partial charge in [0.05, 0.1) is 33.4 Å². The highest BCUT2D eigenvalue weighted by Gasteiger charge is 2.38. The number of anilines is 1. The Morgan fingerprint density at radius 2 is 1.79 bits per heavy atom. The van der Waals surface area contributed by atoms with Crippen molar-refractivity contribution in [3.05, 3.63) is 87.9 Å². The first-order valence-electron chi connectivity index (χ1n) is 10.8. The van der Waals surface area contributed by atoms with Crippen molar-refractivity contribution in [3.63, 3.8) is 0 Å². The summed E-state index contributed by atoms with van der Waals surface area (Å²) in [6.07, 6.45) is -0.339. The van der Waals surface area contributed by atoms with Crippen molar-refractivity contribution in [1.82, 2.24) is 4.90 Å². The highest BCUT2D eigenvalue weighted by Crippen LogP contribution is 2.46. The molecular weight excluding hydrogens is 484 g/mol. The van der Waals surface area contributed by atoms with Gasteiger partial charge in [-0.15, -0.1) is 0 Å². The molecule has 172 valence electrons. The van der Waals surface area contributed by atoms with E-state index in [1.165, 1.54) is 0 Å². The summed E-state index contributed by atoms with van der Waals surface area (Å²) < 4.78 is 17.4. The van der Waals surface area contributed by atoms with Crippen LogP contribution >= 0.6 is 15.9 Å². The molecule has 1 heterocycles. The molecule has 0 aliphatic carbocycles. The van der Waals surface area contributed by atoms with Crippen LogP contribution in [-0.2, 0) is 9.53 Å². The first kappa shape index (κ1) is 23.1. The van der Waals surface area contributed by atoms with Gasteiger partial charge in [-0.05, 0) is 48.4 Å². The van der Waals surface area contributed by atoms with Crippen molar-refractivity contribution < 1.29 is 19.0 Å². The molecule has 33 heavy (non-hydrogen) atoms. The molecule has 0 saturated heterocycles. The second kappa shape index (κ2) is 10.3. The third kappa shape index (κ3) is 4.84. The van der Waals surface area contributed by atoms with Crippen molar-refractivity contribution in [3.8, 4) is 11.5 Å². The van der Waals surface area contributed by atoms with Crippen LogP contribution in [0.5, 0.6) is 11.5 Å². The molecule has 1 aliphatic rings. The molecule has 0 aromatic heterocycles. The molecule has 1 N–H and O–H groups in total. The highest BCUT2D eigenvalue weighted by molar-refractivity contribution is 9.10. The first-order valence-corrected chi connectivity index (χ1v) is 11.6. The highest BCUT2D eigenvalue weighted by atomic mass is 79.9. The average molecular weight is 511 g/mol. The fourth-order valence-electron chi connectivity index (χ4n) is 4.29. The fraction of sp³-hybridized carbons (Fsp3) is 0.269. The van der Waals surface area contributed by atoms with Gasteiger partial charge >= 0.3 is 5.97 Å². The van der Waals surface area contributed by atoms with Crippen molar-refractivity contribution in [2.75, 3.05) is 32.7 Å². The predicted molar refractivity (Wildman–Crippen MR) is 132 cm³/mol. The van der Waals surface area contributed by atoms with E-state index in [9.17, 15) is 4.79 Å². The van der Waals surface area contributed by atoms with Crippen LogP contribution in [0.1, 0.15) is 35.8 Å². The molecule has 0 unspecified atom stereocenters. The number of carbonyl (C=O) groups is 1. The number of fused-ring (bicyclic) bond motifs is 1. The third-order valence-corrected chi connectivity index (χ3v) is 6.22. The Kier molecular flexibility index (Phi) is 7.20. The van der Waals surface area contributed by atoms with Gasteiger partial charge in [-0.2, -0.15) is 0 Å². The predicted octanol–water partition coefficient (Wildman–Crippen LogP) is 5.55. The number of nitrogens with one attached hydrogen (secondary N) is 1. The van der Waals surface area contributed by atoms with Crippen LogP contribution in [0.15, 0.2) is 71.2 Å². The molecule has 0 spiro atoms. The van der Waals surface area contributed by atoms with E-state index in [0.717, 1.165) is 26.9 Å². The van der Waals surface area contributed by atoms with E-state index in [1.54, 1.807) is 14.2 Å². The van der Waals surface area contributed by atoms with Crippen molar-refractivity contribution >= 4 is 27.6 Å². The molecule has 0 radical (unpaired) electrons. The summed E-state index contributed by atoms with van der Waals surface area (Å²) in [6.45, 7) is 2.25. The van der Waals surface area contributed by atoms with E-state index >= 15 is 0 Å². The van der Waals surface area contributed by atoms with Crippen molar-refractivity contribution in [2.45, 2.75) is 19.1 Å². The molecule has 0 amide bonds. The monoisotopic (exact) mass is 510 g/mol. The molecule has 3 aromatic rings. The SMILES string of the molecule is CCOC(=O)CN1[C@H](c2ccccc2)c2cc(Br)ccc2N[C@@H]1c1ccc(OC)cc1OC. The second-order valence-corrected chi connectivity index (χ2v) is 8.59. The van der Waals surface area contributed by atoms with Crippen LogP contribution in [0.4, 0.5) is 5.69 Å². The van der Waals surface area contributed by atoms with Crippen LogP contribution in [0, 0.1) is 0 Å². The summed E-state index contributed by atoms with van der Waals surface area (Å²) in [6, 6.07) is 21.9. The molecule has 4 rings (SSSR count). The Morgan fingerprint density at radius 3 is 2.48 bits per heavy atom. The van der Waals surface area contributed by atoms with Gasteiger partial charge in [0.25, 0.3) is 0 Å². The second-order valence-electron chi connectivity index (χ2n) is 7.68. The van der Waals surface area contributed by atoms with E-state index in [2.05, 4.69) is 50.4 Å². The summed E-state index contributed by atoms with van der Waals surface area (Å²) in [5.41, 5.74) is 4.05. The lowest BCUT2D eigenvalue weighted by Crippen LogP contribution is -2.44. The van der Waals surface area contributed by atoms with Gasteiger partial charge in [0.1, 0.15) is 17.7 Å². The van der Waals surface area contributed by atoms with E-state index in [1.807, 2.05) is 49.4 Å². The maximum Gasteiger partial charge on any atom is 0.320 e. The summed E-state index contributed by atoms with van der Waals surface area (Å²) in [4.78, 5) is 14.9. The normalized spacial score (nSPS) is 17.6.